The summed E-state index contributed by atoms with van der Waals surface area (Å²) in [6.07, 6.45) is 0. The Morgan fingerprint density at radius 2 is 1.94 bits per heavy atom. The topological polar surface area (TPSA) is 32.8 Å². The molecule has 1 fully saturated rings. The lowest BCUT2D eigenvalue weighted by molar-refractivity contribution is 0.201. The molecule has 0 aromatic heterocycles. The third-order valence-electron chi connectivity index (χ3n) is 3.55. The summed E-state index contributed by atoms with van der Waals surface area (Å²) in [5, 5.41) is 0. The zero-order chi connectivity index (χ0) is 13.4. The SMILES string of the molecule is COc1c(C)cc(C)cc1C1CN(C)C(=O)N1C. The molecule has 0 aliphatic carbocycles. The third kappa shape index (κ3) is 1.92. The predicted octanol–water partition coefficient (Wildman–Crippen LogP) is 2.35. The molecular formula is C14H20N2O2. The van der Waals surface area contributed by atoms with Crippen molar-refractivity contribution in [1.82, 2.24) is 9.80 Å². The van der Waals surface area contributed by atoms with Gasteiger partial charge in [-0.2, -0.15) is 0 Å². The monoisotopic (exact) mass is 248 g/mol. The number of ether oxygens (including phenoxy) is 1. The lowest BCUT2D eigenvalue weighted by Gasteiger charge is -2.22. The van der Waals surface area contributed by atoms with Gasteiger partial charge in [0.2, 0.25) is 0 Å². The summed E-state index contributed by atoms with van der Waals surface area (Å²) in [6.45, 7) is 4.81. The molecule has 1 aliphatic heterocycles. The molecule has 2 rings (SSSR count). The summed E-state index contributed by atoms with van der Waals surface area (Å²) >= 11 is 0. The van der Waals surface area contributed by atoms with Crippen LogP contribution in [0, 0.1) is 13.8 Å². The quantitative estimate of drug-likeness (QED) is 0.805. The molecule has 0 radical (unpaired) electrons. The van der Waals surface area contributed by atoms with E-state index in [4.69, 9.17) is 4.74 Å². The van der Waals surface area contributed by atoms with Crippen LogP contribution in [0.1, 0.15) is 22.7 Å². The van der Waals surface area contributed by atoms with Gasteiger partial charge in [0.15, 0.2) is 0 Å². The van der Waals surface area contributed by atoms with Gasteiger partial charge in [-0.25, -0.2) is 4.79 Å². The second-order valence-corrected chi connectivity index (χ2v) is 4.99. The maximum Gasteiger partial charge on any atom is 0.320 e. The molecule has 0 saturated carbocycles. The van der Waals surface area contributed by atoms with Crippen LogP contribution in [0.2, 0.25) is 0 Å². The molecule has 0 spiro atoms. The van der Waals surface area contributed by atoms with E-state index in [9.17, 15) is 4.79 Å². The minimum Gasteiger partial charge on any atom is -0.496 e. The number of hydrogen-bond acceptors (Lipinski definition) is 2. The molecule has 1 atom stereocenters. The van der Waals surface area contributed by atoms with Crippen LogP contribution in [-0.2, 0) is 0 Å². The number of carbonyl (C=O) groups is 1. The Morgan fingerprint density at radius 1 is 1.28 bits per heavy atom. The number of amides is 2. The highest BCUT2D eigenvalue weighted by atomic mass is 16.5. The highest BCUT2D eigenvalue weighted by Gasteiger charge is 2.35. The van der Waals surface area contributed by atoms with Crippen LogP contribution in [0.3, 0.4) is 0 Å². The van der Waals surface area contributed by atoms with E-state index in [0.29, 0.717) is 6.54 Å². The van der Waals surface area contributed by atoms with E-state index < -0.39 is 0 Å². The number of benzene rings is 1. The van der Waals surface area contributed by atoms with Crippen LogP contribution in [0.4, 0.5) is 4.79 Å². The van der Waals surface area contributed by atoms with E-state index in [0.717, 1.165) is 16.9 Å². The summed E-state index contributed by atoms with van der Waals surface area (Å²) in [6, 6.07) is 4.33. The number of likely N-dealkylation sites (N-methyl/N-ethyl adjacent to an activating group) is 2. The van der Waals surface area contributed by atoms with E-state index in [1.54, 1.807) is 16.9 Å². The van der Waals surface area contributed by atoms with Crippen molar-refractivity contribution in [2.45, 2.75) is 19.9 Å². The molecule has 1 unspecified atom stereocenters. The average Bonchev–Trinajstić information content (AvgIpc) is 2.56. The minimum atomic E-state index is 0.0567. The first-order chi connectivity index (χ1) is 8.45. The van der Waals surface area contributed by atoms with Crippen molar-refractivity contribution < 1.29 is 9.53 Å². The standard InChI is InChI=1S/C14H20N2O2/c1-9-6-10(2)13(18-5)11(7-9)12-8-15(3)14(17)16(12)4/h6-7,12H,8H2,1-5H3. The van der Waals surface area contributed by atoms with Crippen LogP contribution in [0.5, 0.6) is 5.75 Å². The van der Waals surface area contributed by atoms with Gasteiger partial charge in [-0.1, -0.05) is 17.7 Å². The lowest BCUT2D eigenvalue weighted by atomic mass is 9.99. The van der Waals surface area contributed by atoms with Crippen molar-refractivity contribution in [3.63, 3.8) is 0 Å². The summed E-state index contributed by atoms with van der Waals surface area (Å²) in [5.41, 5.74) is 3.40. The largest absolute Gasteiger partial charge is 0.496 e. The number of urea groups is 1. The van der Waals surface area contributed by atoms with Crippen LogP contribution in [0.25, 0.3) is 0 Å². The Bertz CT molecular complexity index is 485. The van der Waals surface area contributed by atoms with Gasteiger partial charge in [0.05, 0.1) is 13.2 Å². The Hall–Kier alpha value is -1.71. The van der Waals surface area contributed by atoms with Gasteiger partial charge in [-0.15, -0.1) is 0 Å². The molecule has 1 aromatic rings. The van der Waals surface area contributed by atoms with Crippen LogP contribution >= 0.6 is 0 Å². The molecule has 1 saturated heterocycles. The highest BCUT2D eigenvalue weighted by molar-refractivity contribution is 5.77. The molecular weight excluding hydrogens is 228 g/mol. The fourth-order valence-corrected chi connectivity index (χ4v) is 2.68. The number of aryl methyl sites for hydroxylation is 2. The number of methoxy groups -OCH3 is 1. The number of carbonyl (C=O) groups excluding carboxylic acids is 1. The Labute approximate surface area is 108 Å². The van der Waals surface area contributed by atoms with E-state index >= 15 is 0 Å². The molecule has 4 nitrogen and oxygen atoms in total. The molecule has 1 aliphatic rings. The fourth-order valence-electron chi connectivity index (χ4n) is 2.68. The summed E-state index contributed by atoms with van der Waals surface area (Å²) in [5.74, 6) is 0.889. The van der Waals surface area contributed by atoms with Crippen molar-refractivity contribution in [2.24, 2.45) is 0 Å². The van der Waals surface area contributed by atoms with Gasteiger partial charge in [0.25, 0.3) is 0 Å². The van der Waals surface area contributed by atoms with E-state index in [-0.39, 0.29) is 12.1 Å². The van der Waals surface area contributed by atoms with E-state index in [1.807, 2.05) is 21.0 Å². The Kier molecular flexibility index (Phi) is 3.20. The van der Waals surface area contributed by atoms with Crippen LogP contribution < -0.4 is 4.74 Å². The summed E-state index contributed by atoms with van der Waals surface area (Å²) in [4.78, 5) is 15.4. The van der Waals surface area contributed by atoms with Gasteiger partial charge >= 0.3 is 6.03 Å². The molecule has 4 heteroatoms. The number of hydrogen-bond donors (Lipinski definition) is 0. The van der Waals surface area contributed by atoms with Gasteiger partial charge in [-0.3, -0.25) is 0 Å². The van der Waals surface area contributed by atoms with Gasteiger partial charge in [0, 0.05) is 26.2 Å². The lowest BCUT2D eigenvalue weighted by Crippen LogP contribution is -2.26. The Morgan fingerprint density at radius 3 is 2.44 bits per heavy atom. The second-order valence-electron chi connectivity index (χ2n) is 4.99. The van der Waals surface area contributed by atoms with Crippen LogP contribution in [0.15, 0.2) is 12.1 Å². The molecule has 1 heterocycles. The van der Waals surface area contributed by atoms with Crippen molar-refractivity contribution in [3.8, 4) is 5.75 Å². The van der Waals surface area contributed by atoms with Gasteiger partial charge < -0.3 is 14.5 Å². The van der Waals surface area contributed by atoms with Crippen LogP contribution in [-0.4, -0.2) is 43.6 Å². The molecule has 0 N–H and O–H groups in total. The fraction of sp³-hybridized carbons (Fsp3) is 0.500. The first-order valence-electron chi connectivity index (χ1n) is 6.08. The molecule has 2 amide bonds. The first kappa shape index (κ1) is 12.7. The highest BCUT2D eigenvalue weighted by Crippen LogP contribution is 2.36. The predicted molar refractivity (Wildman–Crippen MR) is 71.0 cm³/mol. The normalized spacial score (nSPS) is 19.6. The van der Waals surface area contributed by atoms with Gasteiger partial charge in [-0.05, 0) is 19.4 Å². The van der Waals surface area contributed by atoms with Crippen molar-refractivity contribution in [3.05, 3.63) is 28.8 Å². The first-order valence-corrected chi connectivity index (χ1v) is 6.08. The Balaban J connectivity index is 2.48. The summed E-state index contributed by atoms with van der Waals surface area (Å²) in [7, 11) is 5.35. The smallest absolute Gasteiger partial charge is 0.320 e. The van der Waals surface area contributed by atoms with Gasteiger partial charge in [0.1, 0.15) is 5.75 Å². The van der Waals surface area contributed by atoms with Crippen molar-refractivity contribution >= 4 is 6.03 Å². The van der Waals surface area contributed by atoms with Crippen molar-refractivity contribution in [1.29, 1.82) is 0 Å². The molecule has 1 aromatic carbocycles. The second kappa shape index (κ2) is 4.52. The average molecular weight is 248 g/mol. The third-order valence-corrected chi connectivity index (χ3v) is 3.55. The van der Waals surface area contributed by atoms with E-state index in [2.05, 4.69) is 19.1 Å². The zero-order valence-electron chi connectivity index (χ0n) is 11.7. The minimum absolute atomic E-state index is 0.0567. The van der Waals surface area contributed by atoms with E-state index in [1.165, 1.54) is 5.56 Å². The number of nitrogens with zero attached hydrogens (tertiary/aromatic N) is 2. The molecule has 18 heavy (non-hydrogen) atoms. The zero-order valence-corrected chi connectivity index (χ0v) is 11.7. The maximum absolute atomic E-state index is 11.9. The van der Waals surface area contributed by atoms with Crippen molar-refractivity contribution in [2.75, 3.05) is 27.7 Å². The molecule has 98 valence electrons. The molecule has 0 bridgehead atoms. The maximum atomic E-state index is 11.9. The summed E-state index contributed by atoms with van der Waals surface area (Å²) < 4.78 is 5.51. The number of rotatable bonds is 2.